The second-order valence-corrected chi connectivity index (χ2v) is 9.84. The summed E-state index contributed by atoms with van der Waals surface area (Å²) in [6.45, 7) is 7.82. The molecule has 1 spiro atoms. The van der Waals surface area contributed by atoms with Crippen LogP contribution < -0.4 is 17.7 Å². The average Bonchev–Trinajstić information content (AvgIpc) is 2.57. The average molecular weight is 393 g/mol. The number of imide groups is 1. The summed E-state index contributed by atoms with van der Waals surface area (Å²) in [5.41, 5.74) is -2.37. The van der Waals surface area contributed by atoms with Crippen molar-refractivity contribution in [3.05, 3.63) is 0 Å². The molecular weight excluding hydrogens is 360 g/mol. The zero-order valence-electron chi connectivity index (χ0n) is 16.8. The van der Waals surface area contributed by atoms with Crippen LogP contribution in [0.2, 0.25) is 0 Å². The van der Waals surface area contributed by atoms with Crippen molar-refractivity contribution in [2.24, 2.45) is 0 Å². The van der Waals surface area contributed by atoms with E-state index in [-0.39, 0.29) is 24.9 Å². The van der Waals surface area contributed by atoms with E-state index in [1.165, 1.54) is 5.06 Å². The van der Waals surface area contributed by atoms with Gasteiger partial charge >= 0.3 is 6.03 Å². The summed E-state index contributed by atoms with van der Waals surface area (Å²) < 4.78 is 0.537. The molecule has 0 radical (unpaired) electrons. The van der Waals surface area contributed by atoms with E-state index in [1.807, 2.05) is 48.8 Å². The summed E-state index contributed by atoms with van der Waals surface area (Å²) >= 11 is 0. The zero-order valence-corrected chi connectivity index (χ0v) is 17.6. The number of piperidine rings is 1. The van der Waals surface area contributed by atoms with Gasteiger partial charge in [0.05, 0.1) is 27.7 Å². The monoisotopic (exact) mass is 392 g/mol. The molecule has 0 aliphatic carbocycles. The summed E-state index contributed by atoms with van der Waals surface area (Å²) in [7, 11) is 5.83. The van der Waals surface area contributed by atoms with E-state index < -0.39 is 28.8 Å². The number of amides is 3. The second-order valence-electron chi connectivity index (χ2n) is 9.84. The molecule has 3 N–H and O–H groups in total. The van der Waals surface area contributed by atoms with Gasteiger partial charge in [-0.2, -0.15) is 5.06 Å². The molecule has 3 amide bonds. The maximum atomic E-state index is 13.1. The molecule has 0 aromatic rings. The number of nitrogens with one attached hydrogen (secondary N) is 1. The largest absolute Gasteiger partial charge is 1.00 e. The molecular formula is C17H33ClN4O4. The molecule has 26 heavy (non-hydrogen) atoms. The van der Waals surface area contributed by atoms with Gasteiger partial charge in [0.15, 0.2) is 0 Å². The fraction of sp³-hybridized carbons (Fsp3) is 0.882. The van der Waals surface area contributed by atoms with Crippen LogP contribution in [0.1, 0.15) is 40.5 Å². The van der Waals surface area contributed by atoms with Gasteiger partial charge in [-0.25, -0.2) is 4.79 Å². The molecule has 0 aromatic carbocycles. The number of hydroxylamine groups is 2. The van der Waals surface area contributed by atoms with Crippen molar-refractivity contribution in [2.75, 3.05) is 34.2 Å². The Morgan fingerprint density at radius 2 is 1.58 bits per heavy atom. The highest BCUT2D eigenvalue weighted by Gasteiger charge is 2.61. The predicted octanol–water partition coefficient (Wildman–Crippen LogP) is -2.61. The highest BCUT2D eigenvalue weighted by atomic mass is 35.5. The van der Waals surface area contributed by atoms with Crippen molar-refractivity contribution in [1.82, 2.24) is 15.3 Å². The first-order chi connectivity index (χ1) is 11.1. The Balaban J connectivity index is 0.00000338. The van der Waals surface area contributed by atoms with Crippen LogP contribution in [-0.4, -0.2) is 93.7 Å². The SMILES string of the molecule is CC1(C)CC2(CC(C)(C)N1O)NC(=O)N(CC(O)C[N+](C)(C)C)C2=O.[Cl-]. The number of quaternary nitrogens is 1. The minimum Gasteiger partial charge on any atom is -1.00 e. The summed E-state index contributed by atoms with van der Waals surface area (Å²) in [6.07, 6.45) is -0.164. The number of carbonyl (C=O) groups excluding carboxylic acids is 2. The Morgan fingerprint density at radius 1 is 1.12 bits per heavy atom. The molecule has 1 atom stereocenters. The van der Waals surface area contributed by atoms with E-state index in [1.54, 1.807) is 0 Å². The number of β-amino-alcohol motifs (C(OH)–C–C–N with tert-alkyl or cyclic N) is 1. The molecule has 0 saturated carbocycles. The lowest BCUT2D eigenvalue weighted by Crippen LogP contribution is -3.00. The maximum absolute atomic E-state index is 13.1. The third-order valence-corrected chi connectivity index (χ3v) is 5.01. The Kier molecular flexibility index (Phi) is 6.14. The van der Waals surface area contributed by atoms with Gasteiger partial charge in [0.1, 0.15) is 18.2 Å². The minimum atomic E-state index is -1.04. The number of rotatable bonds is 4. The van der Waals surface area contributed by atoms with Crippen LogP contribution in [0, 0.1) is 0 Å². The van der Waals surface area contributed by atoms with Crippen molar-refractivity contribution >= 4 is 11.9 Å². The Bertz CT molecular complexity index is 556. The van der Waals surface area contributed by atoms with Crippen molar-refractivity contribution < 1.29 is 36.8 Å². The second kappa shape index (κ2) is 6.91. The Hall–Kier alpha value is -0.930. The molecule has 8 nitrogen and oxygen atoms in total. The lowest BCUT2D eigenvalue weighted by Gasteiger charge is -2.54. The molecule has 2 aliphatic heterocycles. The van der Waals surface area contributed by atoms with Crippen LogP contribution in [-0.2, 0) is 4.79 Å². The van der Waals surface area contributed by atoms with Crippen molar-refractivity contribution in [2.45, 2.75) is 63.3 Å². The van der Waals surface area contributed by atoms with E-state index in [4.69, 9.17) is 0 Å². The van der Waals surface area contributed by atoms with E-state index in [0.29, 0.717) is 23.9 Å². The van der Waals surface area contributed by atoms with Gasteiger partial charge in [-0.15, -0.1) is 0 Å². The number of carbonyl (C=O) groups is 2. The lowest BCUT2D eigenvalue weighted by molar-refractivity contribution is -0.873. The van der Waals surface area contributed by atoms with Gasteiger partial charge in [0, 0.05) is 11.1 Å². The predicted molar refractivity (Wildman–Crippen MR) is 92.9 cm³/mol. The van der Waals surface area contributed by atoms with E-state index in [2.05, 4.69) is 5.32 Å². The van der Waals surface area contributed by atoms with Gasteiger partial charge in [-0.05, 0) is 40.5 Å². The molecule has 2 rings (SSSR count). The number of aliphatic hydroxyl groups is 1. The molecule has 1 unspecified atom stereocenters. The quantitative estimate of drug-likeness (QED) is 0.360. The minimum absolute atomic E-state index is 0. The molecule has 9 heteroatoms. The summed E-state index contributed by atoms with van der Waals surface area (Å²) in [5.74, 6) is -0.313. The summed E-state index contributed by atoms with van der Waals surface area (Å²) in [4.78, 5) is 26.7. The third-order valence-electron chi connectivity index (χ3n) is 5.01. The number of hydrogen-bond donors (Lipinski definition) is 3. The molecule has 0 aromatic heterocycles. The van der Waals surface area contributed by atoms with Gasteiger partial charge in [-0.1, -0.05) is 0 Å². The fourth-order valence-electron chi connectivity index (χ4n) is 4.49. The number of nitrogens with zero attached hydrogens (tertiary/aromatic N) is 3. The molecule has 2 aliphatic rings. The van der Waals surface area contributed by atoms with Gasteiger partial charge in [0.25, 0.3) is 5.91 Å². The molecule has 152 valence electrons. The first-order valence-corrected chi connectivity index (χ1v) is 8.72. The molecule has 0 bridgehead atoms. The van der Waals surface area contributed by atoms with E-state index in [0.717, 1.165) is 4.90 Å². The van der Waals surface area contributed by atoms with Crippen LogP contribution in [0.5, 0.6) is 0 Å². The van der Waals surface area contributed by atoms with E-state index in [9.17, 15) is 19.9 Å². The van der Waals surface area contributed by atoms with Crippen LogP contribution >= 0.6 is 0 Å². The van der Waals surface area contributed by atoms with Crippen molar-refractivity contribution in [3.8, 4) is 0 Å². The normalized spacial score (nSPS) is 25.8. The van der Waals surface area contributed by atoms with Gasteiger partial charge in [-0.3, -0.25) is 9.69 Å². The van der Waals surface area contributed by atoms with Crippen LogP contribution in [0.3, 0.4) is 0 Å². The van der Waals surface area contributed by atoms with Crippen molar-refractivity contribution in [1.29, 1.82) is 0 Å². The number of aliphatic hydroxyl groups excluding tert-OH is 1. The zero-order chi connectivity index (χ0) is 19.4. The van der Waals surface area contributed by atoms with Gasteiger partial charge < -0.3 is 32.5 Å². The van der Waals surface area contributed by atoms with Crippen LogP contribution in [0.25, 0.3) is 0 Å². The number of hydrogen-bond acceptors (Lipinski definition) is 5. The Labute approximate surface area is 162 Å². The number of likely N-dealkylation sites (N-methyl/N-ethyl adjacent to an activating group) is 1. The topological polar surface area (TPSA) is 93.1 Å². The molecule has 2 saturated heterocycles. The lowest BCUT2D eigenvalue weighted by atomic mass is 9.70. The Morgan fingerprint density at radius 3 is 2.00 bits per heavy atom. The number of halogens is 1. The number of urea groups is 1. The third kappa shape index (κ3) is 4.31. The summed E-state index contributed by atoms with van der Waals surface area (Å²) in [5, 5.41) is 24.9. The van der Waals surface area contributed by atoms with E-state index >= 15 is 0 Å². The van der Waals surface area contributed by atoms with Crippen LogP contribution in [0.4, 0.5) is 4.79 Å². The standard InChI is InChI=1S/C17H32N4O4.ClH/c1-15(2)10-17(11-16(3,4)20(15)25)13(23)19(14(24)18-17)8-12(22)9-21(5,6)7;/h12,22,25H,8-11H2,1-7H3;1H. The van der Waals surface area contributed by atoms with Crippen molar-refractivity contribution in [3.63, 3.8) is 0 Å². The molecule has 2 heterocycles. The fourth-order valence-corrected chi connectivity index (χ4v) is 4.49. The highest BCUT2D eigenvalue weighted by Crippen LogP contribution is 2.44. The first kappa shape index (κ1) is 23.1. The maximum Gasteiger partial charge on any atom is 0.325 e. The highest BCUT2D eigenvalue weighted by molar-refractivity contribution is 6.07. The smallest absolute Gasteiger partial charge is 0.325 e. The molecule has 2 fully saturated rings. The van der Waals surface area contributed by atoms with Crippen LogP contribution in [0.15, 0.2) is 0 Å². The summed E-state index contributed by atoms with van der Waals surface area (Å²) in [6, 6.07) is -0.469. The first-order valence-electron chi connectivity index (χ1n) is 8.72. The van der Waals surface area contributed by atoms with Gasteiger partial charge in [0.2, 0.25) is 0 Å².